The summed E-state index contributed by atoms with van der Waals surface area (Å²) < 4.78 is 0. The fraction of sp³-hybridized carbons (Fsp3) is 0.909. The van der Waals surface area contributed by atoms with Crippen molar-refractivity contribution in [3.8, 4) is 0 Å². The number of carboxylic acids is 1. The van der Waals surface area contributed by atoms with E-state index >= 15 is 0 Å². The van der Waals surface area contributed by atoms with Gasteiger partial charge in [-0.3, -0.25) is 4.79 Å². The fourth-order valence-corrected chi connectivity index (χ4v) is 1.46. The van der Waals surface area contributed by atoms with Gasteiger partial charge in [0.1, 0.15) is 6.04 Å². The quantitative estimate of drug-likeness (QED) is 0.670. The third-order valence-corrected chi connectivity index (χ3v) is 2.37. The SMILES string of the molecule is CC(C)CN(CCC(N)C(=O)O)C(C)C. The lowest BCUT2D eigenvalue weighted by Gasteiger charge is -2.28. The van der Waals surface area contributed by atoms with Crippen LogP contribution in [0.25, 0.3) is 0 Å². The minimum atomic E-state index is -0.914. The molecule has 0 fully saturated rings. The van der Waals surface area contributed by atoms with Gasteiger partial charge >= 0.3 is 5.97 Å². The molecule has 1 unspecified atom stereocenters. The third kappa shape index (κ3) is 6.47. The maximum Gasteiger partial charge on any atom is 0.320 e. The van der Waals surface area contributed by atoms with E-state index in [0.717, 1.165) is 13.1 Å². The van der Waals surface area contributed by atoms with Crippen LogP contribution in [0, 0.1) is 5.92 Å². The number of hydrogen-bond donors (Lipinski definition) is 2. The molecule has 3 N–H and O–H groups in total. The van der Waals surface area contributed by atoms with Crippen molar-refractivity contribution < 1.29 is 9.90 Å². The molecule has 0 aliphatic heterocycles. The molecule has 1 atom stereocenters. The summed E-state index contributed by atoms with van der Waals surface area (Å²) in [4.78, 5) is 12.8. The van der Waals surface area contributed by atoms with Gasteiger partial charge in [-0.25, -0.2) is 0 Å². The first-order valence-electron chi connectivity index (χ1n) is 5.57. The van der Waals surface area contributed by atoms with Crippen molar-refractivity contribution in [1.29, 1.82) is 0 Å². The molecule has 0 aromatic carbocycles. The summed E-state index contributed by atoms with van der Waals surface area (Å²) in [6, 6.07) is -0.299. The molecule has 0 aliphatic rings. The van der Waals surface area contributed by atoms with Crippen LogP contribution in [0.5, 0.6) is 0 Å². The van der Waals surface area contributed by atoms with Crippen molar-refractivity contribution in [3.63, 3.8) is 0 Å². The molecule has 0 aliphatic carbocycles. The largest absolute Gasteiger partial charge is 0.480 e. The van der Waals surface area contributed by atoms with Crippen LogP contribution < -0.4 is 5.73 Å². The van der Waals surface area contributed by atoms with Crippen LogP contribution in [0.2, 0.25) is 0 Å². The second-order valence-electron chi connectivity index (χ2n) is 4.72. The smallest absolute Gasteiger partial charge is 0.320 e. The predicted octanol–water partition coefficient (Wildman–Crippen LogP) is 1.15. The summed E-state index contributed by atoms with van der Waals surface area (Å²) in [6.07, 6.45) is 0.514. The van der Waals surface area contributed by atoms with E-state index in [4.69, 9.17) is 10.8 Å². The monoisotopic (exact) mass is 216 g/mol. The van der Waals surface area contributed by atoms with E-state index in [1.54, 1.807) is 0 Å². The van der Waals surface area contributed by atoms with Gasteiger partial charge < -0.3 is 15.7 Å². The molecule has 0 bridgehead atoms. The minimum Gasteiger partial charge on any atom is -0.480 e. The Labute approximate surface area is 92.4 Å². The highest BCUT2D eigenvalue weighted by atomic mass is 16.4. The molecule has 0 aromatic heterocycles. The van der Waals surface area contributed by atoms with Crippen LogP contribution >= 0.6 is 0 Å². The zero-order valence-corrected chi connectivity index (χ0v) is 10.2. The average Bonchev–Trinajstić information content (AvgIpc) is 2.10. The lowest BCUT2D eigenvalue weighted by atomic mass is 10.1. The summed E-state index contributed by atoms with van der Waals surface area (Å²) in [5, 5.41) is 8.67. The molecule has 0 amide bonds. The number of nitrogens with zero attached hydrogens (tertiary/aromatic N) is 1. The molecule has 4 heteroatoms. The first-order chi connectivity index (χ1) is 6.84. The van der Waals surface area contributed by atoms with Crippen molar-refractivity contribution in [1.82, 2.24) is 4.90 Å². The summed E-state index contributed by atoms with van der Waals surface area (Å²) in [5.74, 6) is -0.322. The molecule has 4 nitrogen and oxygen atoms in total. The highest BCUT2D eigenvalue weighted by Gasteiger charge is 2.16. The molecular weight excluding hydrogens is 192 g/mol. The summed E-state index contributed by atoms with van der Waals surface area (Å²) in [7, 11) is 0. The Balaban J connectivity index is 4.01. The van der Waals surface area contributed by atoms with E-state index in [-0.39, 0.29) is 0 Å². The lowest BCUT2D eigenvalue weighted by Crippen LogP contribution is -2.39. The van der Waals surface area contributed by atoms with Gasteiger partial charge in [0.2, 0.25) is 0 Å². The van der Waals surface area contributed by atoms with Gasteiger partial charge in [0, 0.05) is 19.1 Å². The van der Waals surface area contributed by atoms with Crippen molar-refractivity contribution in [2.45, 2.75) is 46.2 Å². The molecular formula is C11H24N2O2. The van der Waals surface area contributed by atoms with E-state index in [0.29, 0.717) is 18.4 Å². The number of hydrogen-bond acceptors (Lipinski definition) is 3. The molecule has 0 saturated carbocycles. The number of aliphatic carboxylic acids is 1. The van der Waals surface area contributed by atoms with E-state index in [1.165, 1.54) is 0 Å². The molecule has 0 aromatic rings. The molecule has 0 spiro atoms. The maximum atomic E-state index is 10.6. The summed E-state index contributed by atoms with van der Waals surface area (Å²) in [5.41, 5.74) is 5.47. The minimum absolute atomic E-state index is 0.438. The average molecular weight is 216 g/mol. The molecule has 0 radical (unpaired) electrons. The van der Waals surface area contributed by atoms with Crippen LogP contribution in [0.3, 0.4) is 0 Å². The summed E-state index contributed by atoms with van der Waals surface area (Å²) >= 11 is 0. The zero-order valence-electron chi connectivity index (χ0n) is 10.2. The second-order valence-corrected chi connectivity index (χ2v) is 4.72. The fourth-order valence-electron chi connectivity index (χ4n) is 1.46. The van der Waals surface area contributed by atoms with Gasteiger partial charge in [-0.2, -0.15) is 0 Å². The Morgan fingerprint density at radius 1 is 1.33 bits per heavy atom. The van der Waals surface area contributed by atoms with Gasteiger partial charge in [-0.15, -0.1) is 0 Å². The Bertz CT molecular complexity index is 193. The highest BCUT2D eigenvalue weighted by Crippen LogP contribution is 2.05. The maximum absolute atomic E-state index is 10.6. The van der Waals surface area contributed by atoms with Crippen molar-refractivity contribution in [2.75, 3.05) is 13.1 Å². The third-order valence-electron chi connectivity index (χ3n) is 2.37. The standard InChI is InChI=1S/C11H24N2O2/c1-8(2)7-13(9(3)4)6-5-10(12)11(14)15/h8-10H,5-7,12H2,1-4H3,(H,14,15). The van der Waals surface area contributed by atoms with Crippen LogP contribution in [-0.4, -0.2) is 41.1 Å². The number of carboxylic acid groups (broad SMARTS) is 1. The first kappa shape index (κ1) is 14.4. The topological polar surface area (TPSA) is 66.6 Å². The van der Waals surface area contributed by atoms with Crippen LogP contribution in [-0.2, 0) is 4.79 Å². The van der Waals surface area contributed by atoms with Gasteiger partial charge in [-0.05, 0) is 26.2 Å². The highest BCUT2D eigenvalue weighted by molar-refractivity contribution is 5.72. The van der Waals surface area contributed by atoms with E-state index < -0.39 is 12.0 Å². The normalized spacial score (nSPS) is 13.9. The Morgan fingerprint density at radius 2 is 1.87 bits per heavy atom. The van der Waals surface area contributed by atoms with Crippen molar-refractivity contribution in [2.24, 2.45) is 11.7 Å². The molecule has 90 valence electrons. The van der Waals surface area contributed by atoms with Gasteiger partial charge in [0.05, 0.1) is 0 Å². The lowest BCUT2D eigenvalue weighted by molar-refractivity contribution is -0.138. The van der Waals surface area contributed by atoms with Crippen LogP contribution in [0.1, 0.15) is 34.1 Å². The molecule has 0 saturated heterocycles. The van der Waals surface area contributed by atoms with Crippen molar-refractivity contribution >= 4 is 5.97 Å². The molecule has 0 heterocycles. The Kier molecular flexibility index (Phi) is 6.52. The number of nitrogens with two attached hydrogens (primary N) is 1. The Morgan fingerprint density at radius 3 is 2.20 bits per heavy atom. The first-order valence-corrected chi connectivity index (χ1v) is 5.57. The van der Waals surface area contributed by atoms with Gasteiger partial charge in [0.25, 0.3) is 0 Å². The second kappa shape index (κ2) is 6.80. The van der Waals surface area contributed by atoms with Crippen LogP contribution in [0.4, 0.5) is 0 Å². The molecule has 0 rings (SSSR count). The number of rotatable bonds is 7. The van der Waals surface area contributed by atoms with Crippen LogP contribution in [0.15, 0.2) is 0 Å². The number of carbonyl (C=O) groups is 1. The van der Waals surface area contributed by atoms with Gasteiger partial charge in [-0.1, -0.05) is 13.8 Å². The van der Waals surface area contributed by atoms with Gasteiger partial charge in [0.15, 0.2) is 0 Å². The molecule has 15 heavy (non-hydrogen) atoms. The Hall–Kier alpha value is -0.610. The summed E-state index contributed by atoms with van der Waals surface area (Å²) in [6.45, 7) is 10.3. The predicted molar refractivity (Wildman–Crippen MR) is 61.8 cm³/mol. The van der Waals surface area contributed by atoms with Crippen molar-refractivity contribution in [3.05, 3.63) is 0 Å². The zero-order chi connectivity index (χ0) is 12.0. The van der Waals surface area contributed by atoms with E-state index in [2.05, 4.69) is 32.6 Å². The van der Waals surface area contributed by atoms with E-state index in [9.17, 15) is 4.79 Å². The van der Waals surface area contributed by atoms with E-state index in [1.807, 2.05) is 0 Å².